The van der Waals surface area contributed by atoms with Crippen LogP contribution < -0.4 is 24.8 Å². The van der Waals surface area contributed by atoms with Gasteiger partial charge in [0.15, 0.2) is 23.1 Å². The fourth-order valence-electron chi connectivity index (χ4n) is 4.86. The first-order valence-corrected chi connectivity index (χ1v) is 13.9. The molecular formula is C32H33FN4O5. The van der Waals surface area contributed by atoms with Gasteiger partial charge in [-0.1, -0.05) is 30.3 Å². The van der Waals surface area contributed by atoms with Gasteiger partial charge in [-0.05, 0) is 62.2 Å². The monoisotopic (exact) mass is 572 g/mol. The van der Waals surface area contributed by atoms with E-state index in [0.29, 0.717) is 34.8 Å². The molecule has 0 unspecified atom stereocenters. The summed E-state index contributed by atoms with van der Waals surface area (Å²) in [4.78, 5) is 31.3. The van der Waals surface area contributed by atoms with Crippen molar-refractivity contribution in [1.29, 1.82) is 0 Å². The van der Waals surface area contributed by atoms with E-state index < -0.39 is 17.8 Å². The summed E-state index contributed by atoms with van der Waals surface area (Å²) in [7, 11) is 1.56. The average molecular weight is 573 g/mol. The molecule has 9 nitrogen and oxygen atoms in total. The molecule has 10 heteroatoms. The van der Waals surface area contributed by atoms with Crippen LogP contribution in [0.1, 0.15) is 24.8 Å². The minimum Gasteiger partial charge on any atom is -0.493 e. The number of amides is 3. The van der Waals surface area contributed by atoms with Gasteiger partial charge in [0, 0.05) is 35.9 Å². The molecule has 2 heterocycles. The van der Waals surface area contributed by atoms with Crippen LogP contribution in [-0.4, -0.2) is 55.2 Å². The van der Waals surface area contributed by atoms with Crippen LogP contribution in [0.25, 0.3) is 10.9 Å². The number of hydrogen-bond acceptors (Lipinski definition) is 7. The Morgan fingerprint density at radius 1 is 0.952 bits per heavy atom. The van der Waals surface area contributed by atoms with Crippen LogP contribution in [0.4, 0.5) is 14.9 Å². The molecule has 4 aromatic rings. The summed E-state index contributed by atoms with van der Waals surface area (Å²) in [6, 6.07) is 17.5. The van der Waals surface area contributed by atoms with Gasteiger partial charge in [-0.25, -0.2) is 9.18 Å². The van der Waals surface area contributed by atoms with Gasteiger partial charge in [0.05, 0.1) is 25.7 Å². The van der Waals surface area contributed by atoms with Crippen LogP contribution in [0.15, 0.2) is 72.9 Å². The van der Waals surface area contributed by atoms with E-state index >= 15 is 4.39 Å². The molecule has 0 spiro atoms. The number of aromatic nitrogens is 1. The number of imide groups is 1. The maximum Gasteiger partial charge on any atom is 0.325 e. The van der Waals surface area contributed by atoms with E-state index in [1.165, 1.54) is 25.0 Å². The molecule has 1 aliphatic heterocycles. The normalized spacial score (nSPS) is 13.1. The van der Waals surface area contributed by atoms with Gasteiger partial charge in [-0.15, -0.1) is 0 Å². The van der Waals surface area contributed by atoms with Crippen molar-refractivity contribution in [3.8, 4) is 23.0 Å². The highest BCUT2D eigenvalue weighted by atomic mass is 19.1. The second-order valence-electron chi connectivity index (χ2n) is 9.99. The number of rotatable bonds is 11. The number of urea groups is 1. The Bertz CT molecular complexity index is 1540. The van der Waals surface area contributed by atoms with E-state index in [4.69, 9.17) is 14.2 Å². The number of pyridine rings is 1. The van der Waals surface area contributed by atoms with Crippen molar-refractivity contribution in [2.24, 2.45) is 0 Å². The lowest BCUT2D eigenvalue weighted by molar-refractivity contribution is -0.119. The third kappa shape index (κ3) is 7.52. The fourth-order valence-corrected chi connectivity index (χ4v) is 4.86. The Labute approximate surface area is 243 Å². The molecule has 218 valence electrons. The lowest BCUT2D eigenvalue weighted by Crippen LogP contribution is -2.35. The van der Waals surface area contributed by atoms with Gasteiger partial charge in [-0.3, -0.25) is 15.1 Å². The first-order valence-electron chi connectivity index (χ1n) is 13.9. The molecule has 0 radical (unpaired) electrons. The van der Waals surface area contributed by atoms with Crippen LogP contribution >= 0.6 is 0 Å². The van der Waals surface area contributed by atoms with Crippen LogP contribution in [0.5, 0.6) is 23.0 Å². The Morgan fingerprint density at radius 2 is 1.76 bits per heavy atom. The number of nitrogens with one attached hydrogen (secondary N) is 2. The van der Waals surface area contributed by atoms with E-state index in [9.17, 15) is 9.59 Å². The quantitative estimate of drug-likeness (QED) is 0.215. The molecule has 1 fully saturated rings. The largest absolute Gasteiger partial charge is 0.493 e. The first-order chi connectivity index (χ1) is 20.5. The predicted octanol–water partition coefficient (Wildman–Crippen LogP) is 5.93. The summed E-state index contributed by atoms with van der Waals surface area (Å²) in [5, 5.41) is 5.33. The Balaban J connectivity index is 1.21. The van der Waals surface area contributed by atoms with Gasteiger partial charge in [-0.2, -0.15) is 0 Å². The zero-order valence-electron chi connectivity index (χ0n) is 23.4. The lowest BCUT2D eigenvalue weighted by atomic mass is 10.1. The second-order valence-corrected chi connectivity index (χ2v) is 9.99. The number of anilines is 1. The van der Waals surface area contributed by atoms with Gasteiger partial charge < -0.3 is 24.4 Å². The summed E-state index contributed by atoms with van der Waals surface area (Å²) >= 11 is 0. The minimum absolute atomic E-state index is 0.0465. The lowest BCUT2D eigenvalue weighted by Gasteiger charge is -2.16. The van der Waals surface area contributed by atoms with Gasteiger partial charge >= 0.3 is 6.03 Å². The standard InChI is InChI=1S/C32H33FN4O5/c1-40-29-20-24-26(21-30(29)41-17-7-16-37-14-5-6-15-37)34-13-12-27(24)42-28-11-10-23(19-25(28)33)35-32(39)36-31(38)18-22-8-3-2-4-9-22/h2-4,8-13,19-21H,5-7,14-18H2,1H3,(H2,35,36,38,39). The van der Waals surface area contributed by atoms with Crippen molar-refractivity contribution in [2.75, 3.05) is 38.7 Å². The van der Waals surface area contributed by atoms with Crippen molar-refractivity contribution >= 4 is 28.5 Å². The molecule has 0 aliphatic carbocycles. The molecule has 0 saturated carbocycles. The van der Waals surface area contributed by atoms with Crippen molar-refractivity contribution in [2.45, 2.75) is 25.7 Å². The Morgan fingerprint density at radius 3 is 2.52 bits per heavy atom. The SMILES string of the molecule is COc1cc2c(Oc3ccc(NC(=O)NC(=O)Cc4ccccc4)cc3F)ccnc2cc1OCCCN1CCCC1. The molecule has 42 heavy (non-hydrogen) atoms. The van der Waals surface area contributed by atoms with Crippen LogP contribution in [0, 0.1) is 5.82 Å². The molecule has 3 amide bonds. The molecule has 2 N–H and O–H groups in total. The van der Waals surface area contributed by atoms with Crippen molar-refractivity contribution in [3.63, 3.8) is 0 Å². The number of halogens is 1. The van der Waals surface area contributed by atoms with Gasteiger partial charge in [0.2, 0.25) is 5.91 Å². The minimum atomic E-state index is -0.759. The van der Waals surface area contributed by atoms with Crippen molar-refractivity contribution in [1.82, 2.24) is 15.2 Å². The third-order valence-corrected chi connectivity index (χ3v) is 6.93. The number of hydrogen-bond donors (Lipinski definition) is 2. The number of methoxy groups -OCH3 is 1. The van der Waals surface area contributed by atoms with Crippen LogP contribution in [-0.2, 0) is 11.2 Å². The van der Waals surface area contributed by atoms with E-state index in [0.717, 1.165) is 37.7 Å². The number of carbonyl (C=O) groups excluding carboxylic acids is 2. The Kier molecular flexibility index (Phi) is 9.45. The Hall–Kier alpha value is -4.70. The van der Waals surface area contributed by atoms with Gasteiger partial charge in [0.25, 0.3) is 0 Å². The number of nitrogens with zero attached hydrogens (tertiary/aromatic N) is 2. The molecular weight excluding hydrogens is 539 g/mol. The zero-order chi connectivity index (χ0) is 29.3. The summed E-state index contributed by atoms with van der Waals surface area (Å²) in [6.07, 6.45) is 5.05. The molecule has 3 aromatic carbocycles. The summed E-state index contributed by atoms with van der Waals surface area (Å²) < 4.78 is 32.5. The summed E-state index contributed by atoms with van der Waals surface area (Å²) in [6.45, 7) is 3.86. The molecule has 0 atom stereocenters. The van der Waals surface area contributed by atoms with Crippen molar-refractivity contribution in [3.05, 3.63) is 84.3 Å². The molecule has 0 bridgehead atoms. The topological polar surface area (TPSA) is 102 Å². The number of benzene rings is 3. The highest BCUT2D eigenvalue weighted by molar-refractivity contribution is 6.01. The average Bonchev–Trinajstić information content (AvgIpc) is 3.50. The fraction of sp³-hybridized carbons (Fsp3) is 0.281. The smallest absolute Gasteiger partial charge is 0.325 e. The van der Waals surface area contributed by atoms with E-state index in [1.54, 1.807) is 43.6 Å². The van der Waals surface area contributed by atoms with Gasteiger partial charge in [0.1, 0.15) is 5.75 Å². The predicted molar refractivity (Wildman–Crippen MR) is 158 cm³/mol. The highest BCUT2D eigenvalue weighted by Crippen LogP contribution is 2.38. The van der Waals surface area contributed by atoms with Crippen LogP contribution in [0.3, 0.4) is 0 Å². The van der Waals surface area contributed by atoms with E-state index in [-0.39, 0.29) is 17.9 Å². The molecule has 1 aliphatic rings. The number of carbonyl (C=O) groups is 2. The molecule has 1 saturated heterocycles. The molecule has 1 aromatic heterocycles. The summed E-state index contributed by atoms with van der Waals surface area (Å²) in [5.74, 6) is 0.262. The third-order valence-electron chi connectivity index (χ3n) is 6.93. The first kappa shape index (κ1) is 28.8. The maximum absolute atomic E-state index is 15.0. The maximum atomic E-state index is 15.0. The van der Waals surface area contributed by atoms with Crippen LogP contribution in [0.2, 0.25) is 0 Å². The highest BCUT2D eigenvalue weighted by Gasteiger charge is 2.16. The zero-order valence-corrected chi connectivity index (χ0v) is 23.4. The second kappa shape index (κ2) is 13.8. The summed E-state index contributed by atoms with van der Waals surface area (Å²) in [5.41, 5.74) is 1.55. The number of fused-ring (bicyclic) bond motifs is 1. The number of ether oxygens (including phenoxy) is 3. The van der Waals surface area contributed by atoms with E-state index in [2.05, 4.69) is 20.5 Å². The van der Waals surface area contributed by atoms with Crippen molar-refractivity contribution < 1.29 is 28.2 Å². The molecule has 5 rings (SSSR count). The number of likely N-dealkylation sites (tertiary alicyclic amines) is 1. The van der Waals surface area contributed by atoms with E-state index in [1.807, 2.05) is 18.2 Å².